The number of nitrogens with one attached hydrogen (secondary N) is 1. The van der Waals surface area contributed by atoms with Crippen molar-refractivity contribution in [2.75, 3.05) is 0 Å². The van der Waals surface area contributed by atoms with E-state index in [1.807, 2.05) is 6.92 Å². The number of carbonyl (C=O) groups excluding carboxylic acids is 1. The summed E-state index contributed by atoms with van der Waals surface area (Å²) in [7, 11) is 0. The SMILES string of the molecule is Cc1nc(CNC2CCCCC2C(N)=O)cs1. The molecule has 2 rings (SSSR count). The molecule has 5 heteroatoms. The first-order chi connectivity index (χ1) is 8.16. The summed E-state index contributed by atoms with van der Waals surface area (Å²) >= 11 is 1.66. The van der Waals surface area contributed by atoms with Crippen LogP contribution in [-0.2, 0) is 11.3 Å². The van der Waals surface area contributed by atoms with E-state index in [4.69, 9.17) is 5.73 Å². The molecular formula is C12H19N3OS. The summed E-state index contributed by atoms with van der Waals surface area (Å²) in [5.41, 5.74) is 6.49. The van der Waals surface area contributed by atoms with Gasteiger partial charge in [0.1, 0.15) is 0 Å². The van der Waals surface area contributed by atoms with Crippen molar-refractivity contribution in [3.05, 3.63) is 16.1 Å². The maximum Gasteiger partial charge on any atom is 0.222 e. The van der Waals surface area contributed by atoms with Crippen LogP contribution in [0.5, 0.6) is 0 Å². The van der Waals surface area contributed by atoms with Gasteiger partial charge in [0.2, 0.25) is 5.91 Å². The quantitative estimate of drug-likeness (QED) is 0.856. The smallest absolute Gasteiger partial charge is 0.222 e. The van der Waals surface area contributed by atoms with Crippen LogP contribution in [0.25, 0.3) is 0 Å². The number of aryl methyl sites for hydroxylation is 1. The van der Waals surface area contributed by atoms with Crippen LogP contribution in [0.15, 0.2) is 5.38 Å². The van der Waals surface area contributed by atoms with Gasteiger partial charge in [-0.15, -0.1) is 11.3 Å². The summed E-state index contributed by atoms with van der Waals surface area (Å²) < 4.78 is 0. The fourth-order valence-corrected chi connectivity index (χ4v) is 3.05. The number of hydrogen-bond acceptors (Lipinski definition) is 4. The van der Waals surface area contributed by atoms with Crippen molar-refractivity contribution in [2.45, 2.75) is 45.2 Å². The van der Waals surface area contributed by atoms with Crippen molar-refractivity contribution in [1.82, 2.24) is 10.3 Å². The standard InChI is InChI=1S/C12H19N3OS/c1-8-15-9(7-17-8)6-14-11-5-3-2-4-10(11)12(13)16/h7,10-11,14H,2-6H2,1H3,(H2,13,16). The van der Waals surface area contributed by atoms with Gasteiger partial charge in [-0.3, -0.25) is 4.79 Å². The highest BCUT2D eigenvalue weighted by Gasteiger charge is 2.28. The number of carbonyl (C=O) groups is 1. The fourth-order valence-electron chi connectivity index (χ4n) is 2.44. The van der Waals surface area contributed by atoms with Crippen molar-refractivity contribution < 1.29 is 4.79 Å². The zero-order valence-corrected chi connectivity index (χ0v) is 10.9. The van der Waals surface area contributed by atoms with Crippen molar-refractivity contribution in [3.8, 4) is 0 Å². The number of rotatable bonds is 4. The van der Waals surface area contributed by atoms with E-state index in [-0.39, 0.29) is 17.9 Å². The molecule has 1 aliphatic carbocycles. The lowest BCUT2D eigenvalue weighted by atomic mass is 9.84. The Balaban J connectivity index is 1.90. The first-order valence-electron chi connectivity index (χ1n) is 6.10. The second kappa shape index (κ2) is 5.60. The maximum atomic E-state index is 11.3. The maximum absolute atomic E-state index is 11.3. The molecule has 3 N–H and O–H groups in total. The third-order valence-corrected chi connectivity index (χ3v) is 4.17. The Bertz CT molecular complexity index is 391. The molecule has 1 saturated carbocycles. The predicted molar refractivity (Wildman–Crippen MR) is 68.6 cm³/mol. The number of nitrogens with two attached hydrogens (primary N) is 1. The monoisotopic (exact) mass is 253 g/mol. The normalized spacial score (nSPS) is 24.8. The highest BCUT2D eigenvalue weighted by atomic mass is 32.1. The molecular weight excluding hydrogens is 234 g/mol. The van der Waals surface area contributed by atoms with Crippen LogP contribution in [-0.4, -0.2) is 16.9 Å². The second-order valence-electron chi connectivity index (χ2n) is 4.64. The van der Waals surface area contributed by atoms with Crippen LogP contribution in [0.1, 0.15) is 36.4 Å². The number of thiazole rings is 1. The zero-order chi connectivity index (χ0) is 12.3. The van der Waals surface area contributed by atoms with Gasteiger partial charge in [0.05, 0.1) is 16.6 Å². The Morgan fingerprint density at radius 3 is 3.00 bits per heavy atom. The average molecular weight is 253 g/mol. The Kier molecular flexibility index (Phi) is 4.12. The molecule has 1 aromatic heterocycles. The Hall–Kier alpha value is -0.940. The minimum Gasteiger partial charge on any atom is -0.369 e. The van der Waals surface area contributed by atoms with E-state index in [0.717, 1.165) is 36.5 Å². The molecule has 0 spiro atoms. The Morgan fingerprint density at radius 1 is 1.59 bits per heavy atom. The van der Waals surface area contributed by atoms with Gasteiger partial charge >= 0.3 is 0 Å². The summed E-state index contributed by atoms with van der Waals surface area (Å²) in [5.74, 6) is -0.180. The van der Waals surface area contributed by atoms with Crippen LogP contribution in [0.4, 0.5) is 0 Å². The second-order valence-corrected chi connectivity index (χ2v) is 5.70. The minimum atomic E-state index is -0.170. The zero-order valence-electron chi connectivity index (χ0n) is 10.1. The van der Waals surface area contributed by atoms with Crippen molar-refractivity contribution in [2.24, 2.45) is 11.7 Å². The van der Waals surface area contributed by atoms with Crippen LogP contribution in [0, 0.1) is 12.8 Å². The summed E-state index contributed by atoms with van der Waals surface area (Å²) in [4.78, 5) is 15.8. The highest BCUT2D eigenvalue weighted by molar-refractivity contribution is 7.09. The molecule has 0 bridgehead atoms. The van der Waals surface area contributed by atoms with Gasteiger partial charge in [-0.1, -0.05) is 12.8 Å². The van der Waals surface area contributed by atoms with Crippen LogP contribution >= 0.6 is 11.3 Å². The van der Waals surface area contributed by atoms with Gasteiger partial charge in [-0.25, -0.2) is 4.98 Å². The lowest BCUT2D eigenvalue weighted by molar-refractivity contribution is -0.123. The number of amides is 1. The molecule has 1 aliphatic rings. The first-order valence-corrected chi connectivity index (χ1v) is 6.98. The molecule has 1 heterocycles. The van der Waals surface area contributed by atoms with Crippen molar-refractivity contribution in [1.29, 1.82) is 0 Å². The lowest BCUT2D eigenvalue weighted by Crippen LogP contribution is -2.44. The van der Waals surface area contributed by atoms with E-state index in [1.54, 1.807) is 11.3 Å². The lowest BCUT2D eigenvalue weighted by Gasteiger charge is -2.29. The minimum absolute atomic E-state index is 0.0107. The van der Waals surface area contributed by atoms with Crippen LogP contribution in [0.2, 0.25) is 0 Å². The average Bonchev–Trinajstić information content (AvgIpc) is 2.73. The highest BCUT2D eigenvalue weighted by Crippen LogP contribution is 2.24. The molecule has 1 fully saturated rings. The third-order valence-electron chi connectivity index (χ3n) is 3.34. The van der Waals surface area contributed by atoms with E-state index in [2.05, 4.69) is 15.7 Å². The summed E-state index contributed by atoms with van der Waals surface area (Å²) in [6.07, 6.45) is 4.25. The Morgan fingerprint density at radius 2 is 2.35 bits per heavy atom. The van der Waals surface area contributed by atoms with E-state index in [0.29, 0.717) is 0 Å². The van der Waals surface area contributed by atoms with Crippen molar-refractivity contribution >= 4 is 17.2 Å². The molecule has 0 radical (unpaired) electrons. The predicted octanol–water partition coefficient (Wildman–Crippen LogP) is 1.59. The first kappa shape index (κ1) is 12.5. The number of primary amides is 1. The molecule has 1 amide bonds. The molecule has 17 heavy (non-hydrogen) atoms. The number of nitrogens with zero attached hydrogens (tertiary/aromatic N) is 1. The van der Waals surface area contributed by atoms with Gasteiger partial charge in [0, 0.05) is 18.0 Å². The molecule has 0 aliphatic heterocycles. The van der Waals surface area contributed by atoms with E-state index in [9.17, 15) is 4.79 Å². The number of aromatic nitrogens is 1. The molecule has 94 valence electrons. The van der Waals surface area contributed by atoms with Crippen molar-refractivity contribution in [3.63, 3.8) is 0 Å². The van der Waals surface area contributed by atoms with E-state index < -0.39 is 0 Å². The van der Waals surface area contributed by atoms with Gasteiger partial charge in [0.15, 0.2) is 0 Å². The molecule has 0 aromatic carbocycles. The van der Waals surface area contributed by atoms with Gasteiger partial charge in [-0.2, -0.15) is 0 Å². The Labute approximate surface area is 106 Å². The third kappa shape index (κ3) is 3.26. The van der Waals surface area contributed by atoms with Gasteiger partial charge in [-0.05, 0) is 19.8 Å². The molecule has 2 unspecified atom stereocenters. The molecule has 4 nitrogen and oxygen atoms in total. The molecule has 1 aromatic rings. The van der Waals surface area contributed by atoms with E-state index in [1.165, 1.54) is 6.42 Å². The summed E-state index contributed by atoms with van der Waals surface area (Å²) in [6.45, 7) is 2.74. The van der Waals surface area contributed by atoms with Gasteiger partial charge in [0.25, 0.3) is 0 Å². The number of hydrogen-bond donors (Lipinski definition) is 2. The van der Waals surface area contributed by atoms with Gasteiger partial charge < -0.3 is 11.1 Å². The summed E-state index contributed by atoms with van der Waals surface area (Å²) in [5, 5.41) is 6.57. The molecule has 0 saturated heterocycles. The fraction of sp³-hybridized carbons (Fsp3) is 0.667. The van der Waals surface area contributed by atoms with E-state index >= 15 is 0 Å². The topological polar surface area (TPSA) is 68.0 Å². The summed E-state index contributed by atoms with van der Waals surface area (Å²) in [6, 6.07) is 0.225. The van der Waals surface area contributed by atoms with Crippen LogP contribution in [0.3, 0.4) is 0 Å². The largest absolute Gasteiger partial charge is 0.369 e. The molecule has 2 atom stereocenters. The van der Waals surface area contributed by atoms with Crippen LogP contribution < -0.4 is 11.1 Å².